The number of likely N-dealkylation sites (tertiary alicyclic amines) is 3. The summed E-state index contributed by atoms with van der Waals surface area (Å²) in [6, 6.07) is 0. The van der Waals surface area contributed by atoms with Crippen molar-refractivity contribution in [2.45, 2.75) is 74.1 Å². The predicted octanol–water partition coefficient (Wildman–Crippen LogP) is 6.30. The minimum atomic E-state index is -0.0949. The molecule has 48 heavy (non-hydrogen) atoms. The van der Waals surface area contributed by atoms with Crippen LogP contribution in [0.15, 0.2) is 24.3 Å². The SMILES string of the molecule is CC1CC(=O)N(C)C1=O.CC1CC(=O)N(C)C1=O.CC1CC(=O)N(C)C1=O.CC=CC.CC=CCSC.CCCOCCSC.CSC. The number of carbonyl (C=O) groups excluding carboxylic acids is 6. The first-order valence-electron chi connectivity index (χ1n) is 16.1. The van der Waals surface area contributed by atoms with Crippen LogP contribution in [0.25, 0.3) is 0 Å². The quantitative estimate of drug-likeness (QED) is 0.167. The van der Waals surface area contributed by atoms with Crippen LogP contribution in [0.5, 0.6) is 0 Å². The lowest BCUT2D eigenvalue weighted by atomic mass is 10.1. The molecule has 3 rings (SSSR count). The first kappa shape index (κ1) is 52.7. The molecule has 10 nitrogen and oxygen atoms in total. The second kappa shape index (κ2) is 34.8. The van der Waals surface area contributed by atoms with E-state index in [1.807, 2.05) is 69.0 Å². The highest BCUT2D eigenvalue weighted by atomic mass is 32.2. The Morgan fingerprint density at radius 1 is 0.625 bits per heavy atom. The van der Waals surface area contributed by atoms with Crippen LogP contribution in [-0.4, -0.2) is 121 Å². The molecule has 3 fully saturated rings. The number of hydrogen-bond acceptors (Lipinski definition) is 10. The fourth-order valence-electron chi connectivity index (χ4n) is 3.40. The highest BCUT2D eigenvalue weighted by Gasteiger charge is 2.33. The number of carbonyl (C=O) groups is 6. The van der Waals surface area contributed by atoms with E-state index in [1.54, 1.807) is 32.5 Å². The fourth-order valence-corrected chi connectivity index (χ4v) is 4.07. The summed E-state index contributed by atoms with van der Waals surface area (Å²) >= 11 is 5.42. The van der Waals surface area contributed by atoms with Crippen molar-refractivity contribution in [2.24, 2.45) is 17.8 Å². The number of imide groups is 3. The Morgan fingerprint density at radius 3 is 1.08 bits per heavy atom. The van der Waals surface area contributed by atoms with Gasteiger partial charge in [-0.2, -0.15) is 35.3 Å². The molecule has 13 heteroatoms. The molecule has 0 radical (unpaired) electrons. The Balaban J connectivity index is -0.000000242. The summed E-state index contributed by atoms with van der Waals surface area (Å²) in [5, 5.41) is 0. The zero-order valence-electron chi connectivity index (χ0n) is 32.1. The van der Waals surface area contributed by atoms with Crippen molar-refractivity contribution < 1.29 is 33.5 Å². The van der Waals surface area contributed by atoms with Crippen molar-refractivity contribution in [1.82, 2.24) is 14.7 Å². The molecule has 0 bridgehead atoms. The van der Waals surface area contributed by atoms with Gasteiger partial charge in [-0.05, 0) is 52.2 Å². The lowest BCUT2D eigenvalue weighted by Crippen LogP contribution is -2.24. The molecule has 280 valence electrons. The summed E-state index contributed by atoms with van der Waals surface area (Å²) in [4.78, 5) is 68.1. The second-order valence-corrected chi connectivity index (χ2v) is 13.6. The minimum absolute atomic E-state index is 0.0556. The number of rotatable bonds is 7. The normalized spacial score (nSPS) is 19.7. The summed E-state index contributed by atoms with van der Waals surface area (Å²) in [6.07, 6.45) is 18.8. The van der Waals surface area contributed by atoms with E-state index in [9.17, 15) is 28.8 Å². The fraction of sp³-hybridized carbons (Fsp3) is 0.714. The van der Waals surface area contributed by atoms with Gasteiger partial charge in [0.15, 0.2) is 0 Å². The largest absolute Gasteiger partial charge is 0.381 e. The number of hydrogen-bond donors (Lipinski definition) is 0. The predicted molar refractivity (Wildman–Crippen MR) is 207 cm³/mol. The van der Waals surface area contributed by atoms with Crippen LogP contribution in [0.2, 0.25) is 0 Å². The number of ether oxygens (including phenoxy) is 1. The molecule has 3 heterocycles. The molecule has 0 N–H and O–H groups in total. The maximum absolute atomic E-state index is 10.8. The molecule has 3 aliphatic heterocycles. The summed E-state index contributed by atoms with van der Waals surface area (Å²) in [7, 11) is 4.57. The third kappa shape index (κ3) is 26.8. The molecular formula is C35H65N3O7S3. The van der Waals surface area contributed by atoms with Crippen molar-refractivity contribution in [3.63, 3.8) is 0 Å². The minimum Gasteiger partial charge on any atom is -0.381 e. The van der Waals surface area contributed by atoms with Gasteiger partial charge in [0.05, 0.1) is 6.61 Å². The van der Waals surface area contributed by atoms with Crippen LogP contribution in [0.4, 0.5) is 0 Å². The third-order valence-electron chi connectivity index (χ3n) is 6.43. The summed E-state index contributed by atoms with van der Waals surface area (Å²) in [5.74, 6) is 1.64. The van der Waals surface area contributed by atoms with Gasteiger partial charge in [0.25, 0.3) is 0 Å². The summed E-state index contributed by atoms with van der Waals surface area (Å²) in [5.41, 5.74) is 0. The van der Waals surface area contributed by atoms with Crippen LogP contribution in [-0.2, 0) is 33.5 Å². The Labute approximate surface area is 305 Å². The van der Waals surface area contributed by atoms with Gasteiger partial charge in [-0.3, -0.25) is 43.5 Å². The molecule has 0 aromatic carbocycles. The molecule has 3 aliphatic rings. The topological polar surface area (TPSA) is 121 Å². The Morgan fingerprint density at radius 2 is 0.958 bits per heavy atom. The monoisotopic (exact) mass is 735 g/mol. The van der Waals surface area contributed by atoms with Crippen LogP contribution in [0, 0.1) is 17.8 Å². The average molecular weight is 736 g/mol. The number of allylic oxidation sites excluding steroid dienone is 3. The Kier molecular flexibility index (Phi) is 38.2. The highest BCUT2D eigenvalue weighted by Crippen LogP contribution is 2.17. The van der Waals surface area contributed by atoms with E-state index in [1.165, 1.54) is 35.8 Å². The molecule has 0 spiro atoms. The molecule has 3 unspecified atom stereocenters. The zero-order valence-corrected chi connectivity index (χ0v) is 34.6. The molecule has 3 saturated heterocycles. The summed E-state index contributed by atoms with van der Waals surface area (Å²) in [6.45, 7) is 15.3. The van der Waals surface area contributed by atoms with Gasteiger partial charge in [-0.1, -0.05) is 52.0 Å². The first-order chi connectivity index (χ1) is 22.5. The van der Waals surface area contributed by atoms with Crippen LogP contribution in [0.1, 0.15) is 74.1 Å². The molecule has 0 aromatic heterocycles. The molecule has 3 atom stereocenters. The molecule has 0 aliphatic carbocycles. The lowest BCUT2D eigenvalue weighted by molar-refractivity contribution is -0.139. The zero-order chi connectivity index (χ0) is 38.2. The van der Waals surface area contributed by atoms with Gasteiger partial charge in [0, 0.05) is 76.3 Å². The smallest absolute Gasteiger partial charge is 0.232 e. The Hall–Kier alpha value is -2.09. The van der Waals surface area contributed by atoms with Gasteiger partial charge < -0.3 is 4.74 Å². The van der Waals surface area contributed by atoms with E-state index < -0.39 is 0 Å². The number of nitrogens with zero attached hydrogens (tertiary/aromatic N) is 3. The maximum Gasteiger partial charge on any atom is 0.232 e. The number of thioether (sulfide) groups is 3. The van der Waals surface area contributed by atoms with Crippen molar-refractivity contribution in [2.75, 3.05) is 70.9 Å². The average Bonchev–Trinajstić information content (AvgIpc) is 3.53. The van der Waals surface area contributed by atoms with Crippen LogP contribution >= 0.6 is 35.3 Å². The van der Waals surface area contributed by atoms with E-state index in [0.29, 0.717) is 19.3 Å². The van der Waals surface area contributed by atoms with E-state index >= 15 is 0 Å². The van der Waals surface area contributed by atoms with Crippen molar-refractivity contribution >= 4 is 70.7 Å². The van der Waals surface area contributed by atoms with Gasteiger partial charge in [-0.15, -0.1) is 0 Å². The van der Waals surface area contributed by atoms with E-state index in [4.69, 9.17) is 4.74 Å². The number of amides is 6. The van der Waals surface area contributed by atoms with Gasteiger partial charge in [0.2, 0.25) is 35.4 Å². The van der Waals surface area contributed by atoms with Crippen LogP contribution < -0.4 is 0 Å². The van der Waals surface area contributed by atoms with E-state index in [0.717, 1.165) is 31.1 Å². The standard InChI is InChI=1S/3C6H9NO2.C6H14OS.C5H10S.C4H8.C2H6S/c3*1-4-3-5(8)7(2)6(4)9;1-3-4-7-5-6-8-2;1-3-4-5-6-2;1-3-4-2;1-3-2/h3*4H,3H2,1-2H3;3-6H2,1-2H3;3-4H,5H2,1-2H3;3-4H,1-2H3;1-2H3. The van der Waals surface area contributed by atoms with Gasteiger partial charge >= 0.3 is 0 Å². The van der Waals surface area contributed by atoms with Gasteiger partial charge in [-0.25, -0.2) is 0 Å². The third-order valence-corrected chi connectivity index (χ3v) is 7.53. The van der Waals surface area contributed by atoms with Crippen molar-refractivity contribution in [3.05, 3.63) is 24.3 Å². The molecule has 0 saturated carbocycles. The Bertz CT molecular complexity index is 877. The summed E-state index contributed by atoms with van der Waals surface area (Å²) < 4.78 is 5.20. The van der Waals surface area contributed by atoms with Crippen LogP contribution in [0.3, 0.4) is 0 Å². The molecule has 6 amide bonds. The van der Waals surface area contributed by atoms with Crippen molar-refractivity contribution in [1.29, 1.82) is 0 Å². The van der Waals surface area contributed by atoms with E-state index in [-0.39, 0.29) is 53.2 Å². The first-order valence-corrected chi connectivity index (χ1v) is 20.5. The van der Waals surface area contributed by atoms with E-state index in [2.05, 4.69) is 31.6 Å². The molecule has 0 aromatic rings. The molecular weight excluding hydrogens is 671 g/mol. The maximum atomic E-state index is 10.8. The second-order valence-electron chi connectivity index (χ2n) is 10.9. The van der Waals surface area contributed by atoms with Crippen molar-refractivity contribution in [3.8, 4) is 0 Å². The lowest BCUT2D eigenvalue weighted by Gasteiger charge is -2.03. The highest BCUT2D eigenvalue weighted by molar-refractivity contribution is 7.98. The van der Waals surface area contributed by atoms with Gasteiger partial charge in [0.1, 0.15) is 0 Å².